The van der Waals surface area contributed by atoms with Gasteiger partial charge in [0.15, 0.2) is 6.29 Å². The van der Waals surface area contributed by atoms with Gasteiger partial charge in [-0.15, -0.1) is 0 Å². The molecule has 0 amide bonds. The lowest BCUT2D eigenvalue weighted by Crippen LogP contribution is -2.27. The van der Waals surface area contributed by atoms with Crippen molar-refractivity contribution < 1.29 is 13.2 Å². The molecule has 2 aromatic carbocycles. The van der Waals surface area contributed by atoms with Gasteiger partial charge in [0.25, 0.3) is 0 Å². The maximum absolute atomic E-state index is 12.9. The Labute approximate surface area is 159 Å². The maximum atomic E-state index is 12.9. The Balaban J connectivity index is 1.90. The van der Waals surface area contributed by atoms with E-state index in [0.717, 1.165) is 47.0 Å². The van der Waals surface area contributed by atoms with Crippen LogP contribution < -0.4 is 0 Å². The second kappa shape index (κ2) is 6.62. The quantitative estimate of drug-likeness (QED) is 0.692. The predicted molar refractivity (Wildman–Crippen MR) is 107 cm³/mol. The first-order chi connectivity index (χ1) is 12.9. The van der Waals surface area contributed by atoms with Crippen LogP contribution >= 0.6 is 0 Å². The maximum Gasteiger partial charge on any atom is 0.243 e. The van der Waals surface area contributed by atoms with Crippen molar-refractivity contribution in [1.29, 1.82) is 0 Å². The van der Waals surface area contributed by atoms with Gasteiger partial charge in [-0.3, -0.25) is 4.79 Å². The van der Waals surface area contributed by atoms with Gasteiger partial charge in [0, 0.05) is 35.1 Å². The number of benzene rings is 2. The van der Waals surface area contributed by atoms with Crippen molar-refractivity contribution >= 4 is 27.2 Å². The summed E-state index contributed by atoms with van der Waals surface area (Å²) < 4.78 is 27.3. The number of hydrogen-bond donors (Lipinski definition) is 1. The zero-order valence-electron chi connectivity index (χ0n) is 15.5. The smallest absolute Gasteiger partial charge is 0.243 e. The molecule has 0 saturated carbocycles. The summed E-state index contributed by atoms with van der Waals surface area (Å²) in [6, 6.07) is 11.1. The number of sulfonamides is 1. The number of rotatable bonds is 4. The number of carbonyl (C=O) groups excluding carboxylic acids is 1. The van der Waals surface area contributed by atoms with E-state index < -0.39 is 10.0 Å². The number of H-pyrrole nitrogens is 1. The third-order valence-electron chi connectivity index (χ3n) is 5.29. The molecule has 140 valence electrons. The molecule has 3 aromatic rings. The van der Waals surface area contributed by atoms with Crippen LogP contribution in [0.25, 0.3) is 22.2 Å². The van der Waals surface area contributed by atoms with Crippen molar-refractivity contribution in [2.45, 2.75) is 31.6 Å². The van der Waals surface area contributed by atoms with Crippen LogP contribution in [-0.4, -0.2) is 37.1 Å². The molecule has 1 fully saturated rings. The highest BCUT2D eigenvalue weighted by Crippen LogP contribution is 2.33. The van der Waals surface area contributed by atoms with E-state index in [0.29, 0.717) is 24.0 Å². The third-order valence-corrected chi connectivity index (χ3v) is 7.19. The standard InChI is InChI=1S/C21H22N2O3S/c1-14-5-6-15(2)17(11-14)21-19(13-24)18-12-16(7-8-20(18)22-21)27(25,26)23-9-3-4-10-23/h5-8,11-13,22H,3-4,9-10H2,1-2H3. The summed E-state index contributed by atoms with van der Waals surface area (Å²) in [4.78, 5) is 15.5. The molecule has 5 nitrogen and oxygen atoms in total. The lowest BCUT2D eigenvalue weighted by Gasteiger charge is -2.15. The highest BCUT2D eigenvalue weighted by molar-refractivity contribution is 7.89. The lowest BCUT2D eigenvalue weighted by molar-refractivity contribution is 0.112. The molecule has 0 atom stereocenters. The Hall–Kier alpha value is -2.44. The number of carbonyl (C=O) groups is 1. The topological polar surface area (TPSA) is 70.2 Å². The van der Waals surface area contributed by atoms with E-state index >= 15 is 0 Å². The second-order valence-corrected chi connectivity index (χ2v) is 9.11. The average molecular weight is 382 g/mol. The van der Waals surface area contributed by atoms with Crippen LogP contribution in [-0.2, 0) is 10.0 Å². The van der Waals surface area contributed by atoms with Crippen LogP contribution in [0.5, 0.6) is 0 Å². The van der Waals surface area contributed by atoms with Crippen LogP contribution in [0.3, 0.4) is 0 Å². The second-order valence-electron chi connectivity index (χ2n) is 7.17. The van der Waals surface area contributed by atoms with Crippen LogP contribution in [0.4, 0.5) is 0 Å². The number of aromatic nitrogens is 1. The van der Waals surface area contributed by atoms with Gasteiger partial charge in [0.1, 0.15) is 0 Å². The lowest BCUT2D eigenvalue weighted by atomic mass is 10.00. The largest absolute Gasteiger partial charge is 0.354 e. The normalized spacial score (nSPS) is 15.5. The molecule has 1 aliphatic heterocycles. The first kappa shape index (κ1) is 17.9. The summed E-state index contributed by atoms with van der Waals surface area (Å²) in [6.07, 6.45) is 2.59. The predicted octanol–water partition coefficient (Wildman–Crippen LogP) is 4.05. The Bertz CT molecular complexity index is 1140. The third kappa shape index (κ3) is 2.99. The molecule has 0 radical (unpaired) electrons. The van der Waals surface area contributed by atoms with E-state index in [1.54, 1.807) is 18.2 Å². The number of nitrogens with zero attached hydrogens (tertiary/aromatic N) is 1. The highest BCUT2D eigenvalue weighted by atomic mass is 32.2. The summed E-state index contributed by atoms with van der Waals surface area (Å²) in [5.41, 5.74) is 5.10. The van der Waals surface area contributed by atoms with E-state index in [1.807, 2.05) is 32.0 Å². The van der Waals surface area contributed by atoms with E-state index in [9.17, 15) is 13.2 Å². The minimum atomic E-state index is -3.52. The molecule has 1 aliphatic rings. The monoisotopic (exact) mass is 382 g/mol. The van der Waals surface area contributed by atoms with Crippen molar-refractivity contribution in [3.63, 3.8) is 0 Å². The molecule has 0 bridgehead atoms. The molecule has 0 spiro atoms. The van der Waals surface area contributed by atoms with Crippen molar-refractivity contribution in [1.82, 2.24) is 9.29 Å². The minimum Gasteiger partial charge on any atom is -0.354 e. The molecule has 0 unspecified atom stereocenters. The molecule has 1 N–H and O–H groups in total. The molecule has 0 aliphatic carbocycles. The summed E-state index contributed by atoms with van der Waals surface area (Å²) in [7, 11) is -3.52. The van der Waals surface area contributed by atoms with E-state index in [1.165, 1.54) is 4.31 Å². The Kier molecular flexibility index (Phi) is 4.40. The van der Waals surface area contributed by atoms with Gasteiger partial charge in [-0.1, -0.05) is 17.7 Å². The van der Waals surface area contributed by atoms with Crippen LogP contribution in [0, 0.1) is 13.8 Å². The number of aryl methyl sites for hydroxylation is 2. The van der Waals surface area contributed by atoms with Crippen LogP contribution in [0.2, 0.25) is 0 Å². The fourth-order valence-corrected chi connectivity index (χ4v) is 5.31. The van der Waals surface area contributed by atoms with Crippen molar-refractivity contribution in [2.75, 3.05) is 13.1 Å². The number of fused-ring (bicyclic) bond motifs is 1. The van der Waals surface area contributed by atoms with E-state index in [4.69, 9.17) is 0 Å². The van der Waals surface area contributed by atoms with Gasteiger partial charge < -0.3 is 4.98 Å². The van der Waals surface area contributed by atoms with Gasteiger partial charge in [-0.25, -0.2) is 8.42 Å². The van der Waals surface area contributed by atoms with Crippen molar-refractivity contribution in [2.24, 2.45) is 0 Å². The van der Waals surface area contributed by atoms with Gasteiger partial charge in [0.2, 0.25) is 10.0 Å². The minimum absolute atomic E-state index is 0.242. The Morgan fingerprint density at radius 3 is 2.48 bits per heavy atom. The van der Waals surface area contributed by atoms with Gasteiger partial charge in [0.05, 0.1) is 10.6 Å². The number of aldehydes is 1. The number of nitrogens with one attached hydrogen (secondary N) is 1. The molecule has 2 heterocycles. The van der Waals surface area contributed by atoms with Gasteiger partial charge >= 0.3 is 0 Å². The molecule has 1 aromatic heterocycles. The molecule has 1 saturated heterocycles. The zero-order chi connectivity index (χ0) is 19.2. The Morgan fingerprint density at radius 2 is 1.78 bits per heavy atom. The number of hydrogen-bond acceptors (Lipinski definition) is 3. The highest BCUT2D eigenvalue weighted by Gasteiger charge is 2.28. The molecule has 6 heteroatoms. The van der Waals surface area contributed by atoms with Crippen LogP contribution in [0.15, 0.2) is 41.3 Å². The van der Waals surface area contributed by atoms with Crippen molar-refractivity contribution in [3.05, 3.63) is 53.1 Å². The first-order valence-electron chi connectivity index (χ1n) is 9.10. The summed E-state index contributed by atoms with van der Waals surface area (Å²) in [6.45, 7) is 5.12. The van der Waals surface area contributed by atoms with Crippen molar-refractivity contribution in [3.8, 4) is 11.3 Å². The summed E-state index contributed by atoms with van der Waals surface area (Å²) in [5.74, 6) is 0. The fraction of sp³-hybridized carbons (Fsp3) is 0.286. The van der Waals surface area contributed by atoms with Gasteiger partial charge in [-0.05, 0) is 56.5 Å². The van der Waals surface area contributed by atoms with E-state index in [2.05, 4.69) is 4.98 Å². The van der Waals surface area contributed by atoms with E-state index in [-0.39, 0.29) is 4.90 Å². The average Bonchev–Trinajstić information content (AvgIpc) is 3.30. The Morgan fingerprint density at radius 1 is 1.04 bits per heavy atom. The summed E-state index contributed by atoms with van der Waals surface area (Å²) in [5, 5.41) is 0.640. The molecular weight excluding hydrogens is 360 g/mol. The number of aromatic amines is 1. The summed E-state index contributed by atoms with van der Waals surface area (Å²) >= 11 is 0. The van der Waals surface area contributed by atoms with Gasteiger partial charge in [-0.2, -0.15) is 4.31 Å². The van der Waals surface area contributed by atoms with Crippen LogP contribution in [0.1, 0.15) is 34.3 Å². The fourth-order valence-electron chi connectivity index (χ4n) is 3.77. The molecular formula is C21H22N2O3S. The SMILES string of the molecule is Cc1ccc(C)c(-c2[nH]c3ccc(S(=O)(=O)N4CCCC4)cc3c2C=O)c1. The first-order valence-corrected chi connectivity index (χ1v) is 10.5. The molecule has 27 heavy (non-hydrogen) atoms. The zero-order valence-corrected chi connectivity index (χ0v) is 16.3. The molecule has 4 rings (SSSR count).